The van der Waals surface area contributed by atoms with Gasteiger partial charge in [-0.25, -0.2) is 4.90 Å². The van der Waals surface area contributed by atoms with Crippen molar-refractivity contribution >= 4 is 28.8 Å². The number of thioether (sulfide) groups is 1. The quantitative estimate of drug-likeness (QED) is 0.704. The van der Waals surface area contributed by atoms with Crippen LogP contribution in [0.15, 0.2) is 48.5 Å². The van der Waals surface area contributed by atoms with E-state index in [1.807, 2.05) is 12.1 Å². The molecule has 0 saturated carbocycles. The zero-order valence-corrected chi connectivity index (χ0v) is 16.6. The van der Waals surface area contributed by atoms with E-state index < -0.39 is 6.23 Å². The lowest BCUT2D eigenvalue weighted by Gasteiger charge is -2.30. The highest BCUT2D eigenvalue weighted by Gasteiger charge is 2.37. The second-order valence-electron chi connectivity index (χ2n) is 6.62. The topological polar surface area (TPSA) is 99.9 Å². The number of amides is 3. The molecule has 30 heavy (non-hydrogen) atoms. The van der Waals surface area contributed by atoms with E-state index in [-0.39, 0.29) is 42.7 Å². The van der Waals surface area contributed by atoms with Crippen molar-refractivity contribution in [3.8, 4) is 11.8 Å². The molecule has 1 unspecified atom stereocenters. The number of rotatable bonds is 6. The molecule has 1 atom stereocenters. The van der Waals surface area contributed by atoms with Gasteiger partial charge in [-0.15, -0.1) is 0 Å². The second kappa shape index (κ2) is 8.57. The Kier molecular flexibility index (Phi) is 5.70. The molecule has 4 rings (SSSR count). The fraction of sp³-hybridized carbons (Fsp3) is 0.238. The predicted octanol–water partition coefficient (Wildman–Crippen LogP) is 2.76. The van der Waals surface area contributed by atoms with Crippen molar-refractivity contribution in [2.45, 2.75) is 6.23 Å². The van der Waals surface area contributed by atoms with Crippen molar-refractivity contribution in [2.24, 2.45) is 0 Å². The van der Waals surface area contributed by atoms with E-state index in [2.05, 4.69) is 0 Å². The molecule has 0 bridgehead atoms. The Bertz CT molecular complexity index is 1020. The van der Waals surface area contributed by atoms with Crippen LogP contribution in [0, 0.1) is 11.3 Å². The Balaban J connectivity index is 1.46. The Morgan fingerprint density at radius 2 is 1.97 bits per heavy atom. The number of carbonyl (C=O) groups is 3. The first-order valence-corrected chi connectivity index (χ1v) is 10.2. The van der Waals surface area contributed by atoms with Crippen LogP contribution in [0.1, 0.15) is 27.7 Å². The Hall–Kier alpha value is -3.35. The molecule has 0 aromatic heterocycles. The summed E-state index contributed by atoms with van der Waals surface area (Å²) >= 11 is 0.941. The molecule has 2 heterocycles. The monoisotopic (exact) mass is 423 g/mol. The van der Waals surface area contributed by atoms with Crippen molar-refractivity contribution in [2.75, 3.05) is 25.6 Å². The van der Waals surface area contributed by atoms with Gasteiger partial charge < -0.3 is 14.4 Å². The molecule has 1 fully saturated rings. The summed E-state index contributed by atoms with van der Waals surface area (Å²) in [6.07, 6.45) is -0.862. The van der Waals surface area contributed by atoms with Crippen LogP contribution < -0.4 is 4.74 Å². The maximum atomic E-state index is 12.7. The maximum Gasteiger partial charge on any atom is 0.291 e. The van der Waals surface area contributed by atoms with Gasteiger partial charge >= 0.3 is 0 Å². The van der Waals surface area contributed by atoms with Gasteiger partial charge in [0, 0.05) is 12.1 Å². The largest absolute Gasteiger partial charge is 0.472 e. The molecule has 3 amide bonds. The molecule has 152 valence electrons. The summed E-state index contributed by atoms with van der Waals surface area (Å²) in [5.41, 5.74) is 1.37. The Morgan fingerprint density at radius 1 is 1.17 bits per heavy atom. The number of nitriles is 1. The molecular formula is C21H17N3O5S. The molecule has 0 radical (unpaired) electrons. The Labute approximate surface area is 177 Å². The first-order valence-electron chi connectivity index (χ1n) is 9.20. The molecule has 2 aromatic rings. The van der Waals surface area contributed by atoms with Gasteiger partial charge in [-0.05, 0) is 18.2 Å². The molecule has 2 aliphatic rings. The third kappa shape index (κ3) is 3.87. The van der Waals surface area contributed by atoms with Crippen molar-refractivity contribution in [1.29, 1.82) is 5.26 Å². The number of fused-ring (bicyclic) bond motifs is 1. The van der Waals surface area contributed by atoms with Gasteiger partial charge in [0.2, 0.25) is 5.91 Å². The highest BCUT2D eigenvalue weighted by atomic mass is 32.2. The number of nitrogens with zero attached hydrogens (tertiary/aromatic N) is 3. The third-order valence-electron chi connectivity index (χ3n) is 4.74. The average molecular weight is 423 g/mol. The molecule has 0 spiro atoms. The third-order valence-corrected chi connectivity index (χ3v) is 5.58. The van der Waals surface area contributed by atoms with E-state index in [0.717, 1.165) is 16.7 Å². The molecule has 0 N–H and O–H groups in total. The minimum absolute atomic E-state index is 0.0501. The fourth-order valence-electron chi connectivity index (χ4n) is 3.24. The lowest BCUT2D eigenvalue weighted by Crippen LogP contribution is -2.42. The van der Waals surface area contributed by atoms with Gasteiger partial charge in [0.05, 0.1) is 29.6 Å². The summed E-state index contributed by atoms with van der Waals surface area (Å²) in [5.74, 6) is -0.0583. The highest BCUT2D eigenvalue weighted by molar-refractivity contribution is 8.14. The van der Waals surface area contributed by atoms with Gasteiger partial charge in [-0.1, -0.05) is 42.1 Å². The summed E-state index contributed by atoms with van der Waals surface area (Å²) in [5, 5.41) is 8.69. The molecule has 2 aromatic carbocycles. The number of carbonyl (C=O) groups excluding carboxylic acids is 3. The first kappa shape index (κ1) is 19.9. The van der Waals surface area contributed by atoms with Crippen molar-refractivity contribution in [3.63, 3.8) is 0 Å². The van der Waals surface area contributed by atoms with Crippen LogP contribution in [0.4, 0.5) is 4.79 Å². The number of imide groups is 1. The fourth-order valence-corrected chi connectivity index (χ4v) is 3.96. The predicted molar refractivity (Wildman–Crippen MR) is 108 cm³/mol. The maximum absolute atomic E-state index is 12.7. The first-order chi connectivity index (χ1) is 14.6. The summed E-state index contributed by atoms with van der Waals surface area (Å²) < 4.78 is 11.5. The van der Waals surface area contributed by atoms with Crippen molar-refractivity contribution < 1.29 is 23.9 Å². The SMILES string of the molecule is N#Cc1ccc2c(c1)C(=O)N(CCOC(c1ccccc1)N1C(=O)CSC1=O)CO2. The van der Waals surface area contributed by atoms with E-state index in [1.165, 1.54) is 11.0 Å². The zero-order valence-electron chi connectivity index (χ0n) is 15.8. The number of ether oxygens (including phenoxy) is 2. The van der Waals surface area contributed by atoms with E-state index >= 15 is 0 Å². The smallest absolute Gasteiger partial charge is 0.291 e. The van der Waals surface area contributed by atoms with Crippen molar-refractivity contribution in [3.05, 3.63) is 65.2 Å². The van der Waals surface area contributed by atoms with Gasteiger partial charge in [-0.3, -0.25) is 14.4 Å². The summed E-state index contributed by atoms with van der Waals surface area (Å²) in [4.78, 5) is 39.7. The average Bonchev–Trinajstić information content (AvgIpc) is 3.11. The Morgan fingerprint density at radius 3 is 2.67 bits per heavy atom. The molecule has 2 aliphatic heterocycles. The van der Waals surface area contributed by atoms with E-state index in [4.69, 9.17) is 14.7 Å². The normalized spacial score (nSPS) is 16.8. The molecular weight excluding hydrogens is 406 g/mol. The molecule has 8 nitrogen and oxygen atoms in total. The van der Waals surface area contributed by atoms with Gasteiger partial charge in [0.25, 0.3) is 11.1 Å². The zero-order chi connectivity index (χ0) is 21.1. The summed E-state index contributed by atoms with van der Waals surface area (Å²) in [7, 11) is 0. The van der Waals surface area contributed by atoms with Gasteiger partial charge in [0.1, 0.15) is 5.75 Å². The summed E-state index contributed by atoms with van der Waals surface area (Å²) in [6.45, 7) is 0.333. The van der Waals surface area contributed by atoms with Crippen LogP contribution in [0.25, 0.3) is 0 Å². The number of hydrogen-bond acceptors (Lipinski definition) is 7. The lowest BCUT2D eigenvalue weighted by molar-refractivity contribution is -0.136. The van der Waals surface area contributed by atoms with E-state index in [1.54, 1.807) is 36.4 Å². The minimum Gasteiger partial charge on any atom is -0.472 e. The molecule has 9 heteroatoms. The standard InChI is InChI=1S/C21H17N3O5S/c22-11-14-6-7-17-16(10-14)19(26)23(13-29-17)8-9-28-20(15-4-2-1-3-5-15)24-18(25)12-30-21(24)27/h1-7,10,20H,8-9,12-13H2. The number of hydrogen-bond donors (Lipinski definition) is 0. The van der Waals surface area contributed by atoms with Crippen LogP contribution in [0.2, 0.25) is 0 Å². The van der Waals surface area contributed by atoms with Crippen LogP contribution in [0.5, 0.6) is 5.75 Å². The van der Waals surface area contributed by atoms with Gasteiger partial charge in [0.15, 0.2) is 13.0 Å². The van der Waals surface area contributed by atoms with E-state index in [0.29, 0.717) is 22.4 Å². The lowest BCUT2D eigenvalue weighted by atomic mass is 10.1. The van der Waals surface area contributed by atoms with Crippen molar-refractivity contribution in [1.82, 2.24) is 9.80 Å². The number of benzene rings is 2. The summed E-state index contributed by atoms with van der Waals surface area (Å²) in [6, 6.07) is 15.7. The van der Waals surface area contributed by atoms with Gasteiger partial charge in [-0.2, -0.15) is 5.26 Å². The second-order valence-corrected chi connectivity index (χ2v) is 7.54. The highest BCUT2D eigenvalue weighted by Crippen LogP contribution is 2.31. The molecule has 0 aliphatic carbocycles. The van der Waals surface area contributed by atoms with Crippen LogP contribution in [-0.2, 0) is 9.53 Å². The van der Waals surface area contributed by atoms with Crippen LogP contribution in [-0.4, -0.2) is 52.5 Å². The van der Waals surface area contributed by atoms with E-state index in [9.17, 15) is 14.4 Å². The minimum atomic E-state index is -0.862. The van der Waals surface area contributed by atoms with Crippen LogP contribution >= 0.6 is 11.8 Å². The van der Waals surface area contributed by atoms with Crippen LogP contribution in [0.3, 0.4) is 0 Å². The molecule has 1 saturated heterocycles.